The third-order valence-electron chi connectivity index (χ3n) is 9.15. The predicted octanol–water partition coefficient (Wildman–Crippen LogP) is 6.14. The molecule has 36 heavy (non-hydrogen) atoms. The Hall–Kier alpha value is -2.28. The van der Waals surface area contributed by atoms with Crippen molar-refractivity contribution in [2.24, 2.45) is 29.6 Å². The van der Waals surface area contributed by atoms with E-state index >= 15 is 0 Å². The molecule has 5 rings (SSSR count). The molecule has 1 heterocycles. The van der Waals surface area contributed by atoms with Gasteiger partial charge in [0.1, 0.15) is 16.4 Å². The molecular formula is C29H37NO5S. The van der Waals surface area contributed by atoms with Crippen molar-refractivity contribution in [3.8, 4) is 0 Å². The highest BCUT2D eigenvalue weighted by molar-refractivity contribution is 7.15. The molecule has 3 fully saturated rings. The van der Waals surface area contributed by atoms with E-state index in [0.29, 0.717) is 30.9 Å². The van der Waals surface area contributed by atoms with Crippen LogP contribution in [-0.4, -0.2) is 34.6 Å². The molecule has 0 aliphatic heterocycles. The van der Waals surface area contributed by atoms with E-state index in [9.17, 15) is 24.3 Å². The van der Waals surface area contributed by atoms with Crippen molar-refractivity contribution in [3.63, 3.8) is 0 Å². The highest BCUT2D eigenvalue weighted by Crippen LogP contribution is 2.46. The Morgan fingerprint density at radius 1 is 0.972 bits per heavy atom. The minimum atomic E-state index is -1.01. The molecule has 3 saturated carbocycles. The van der Waals surface area contributed by atoms with Gasteiger partial charge in [-0.05, 0) is 95.1 Å². The van der Waals surface area contributed by atoms with Crippen LogP contribution >= 0.6 is 11.3 Å². The lowest BCUT2D eigenvalue weighted by atomic mass is 9.77. The summed E-state index contributed by atoms with van der Waals surface area (Å²) in [5, 5.41) is 10.2. The number of hydrogen-bond acceptors (Lipinski definition) is 5. The van der Waals surface area contributed by atoms with E-state index in [0.717, 1.165) is 56.2 Å². The minimum absolute atomic E-state index is 0.000329. The summed E-state index contributed by atoms with van der Waals surface area (Å²) >= 11 is 1.27. The van der Waals surface area contributed by atoms with Gasteiger partial charge >= 0.3 is 5.97 Å². The Kier molecular flexibility index (Phi) is 7.21. The molecule has 0 radical (unpaired) electrons. The Morgan fingerprint density at radius 2 is 1.69 bits per heavy atom. The van der Waals surface area contributed by atoms with Crippen molar-refractivity contribution < 1.29 is 24.3 Å². The lowest BCUT2D eigenvalue weighted by Gasteiger charge is -2.40. The average molecular weight is 512 g/mol. The fourth-order valence-electron chi connectivity index (χ4n) is 6.95. The lowest BCUT2D eigenvalue weighted by molar-refractivity contribution is -0.128. The number of rotatable bonds is 5. The Labute approximate surface area is 217 Å². The summed E-state index contributed by atoms with van der Waals surface area (Å²) in [5.74, 6) is -1.69. The number of allylic oxidation sites excluding steroid dienone is 2. The second-order valence-electron chi connectivity index (χ2n) is 11.5. The molecule has 4 unspecified atom stereocenters. The number of amides is 1. The second kappa shape index (κ2) is 10.2. The maximum absolute atomic E-state index is 14.1. The Morgan fingerprint density at radius 3 is 2.36 bits per heavy atom. The number of thiophene rings is 1. The molecule has 4 aliphatic carbocycles. The summed E-state index contributed by atoms with van der Waals surface area (Å²) in [5.41, 5.74) is 1.67. The van der Waals surface area contributed by atoms with Crippen LogP contribution in [0.3, 0.4) is 0 Å². The third-order valence-corrected chi connectivity index (χ3v) is 10.3. The first kappa shape index (κ1) is 25.4. The van der Waals surface area contributed by atoms with Crippen LogP contribution in [0.4, 0.5) is 5.69 Å². The molecule has 1 aromatic rings. The first-order chi connectivity index (χ1) is 17.3. The van der Waals surface area contributed by atoms with Crippen molar-refractivity contribution in [2.45, 2.75) is 90.5 Å². The summed E-state index contributed by atoms with van der Waals surface area (Å²) < 4.78 is 0. The van der Waals surface area contributed by atoms with Gasteiger partial charge in [0.15, 0.2) is 0 Å². The highest BCUT2D eigenvalue weighted by atomic mass is 32.1. The number of aromatic carboxylic acids is 1. The predicted molar refractivity (Wildman–Crippen MR) is 140 cm³/mol. The first-order valence-corrected chi connectivity index (χ1v) is 14.5. The summed E-state index contributed by atoms with van der Waals surface area (Å²) in [6, 6.07) is 1.66. The van der Waals surface area contributed by atoms with E-state index in [1.807, 2.05) is 6.07 Å². The largest absolute Gasteiger partial charge is 0.477 e. The lowest BCUT2D eigenvalue weighted by Crippen LogP contribution is -2.48. The molecule has 1 aromatic heterocycles. The fraction of sp³-hybridized carbons (Fsp3) is 0.655. The molecular weight excluding hydrogens is 474 g/mol. The van der Waals surface area contributed by atoms with Crippen molar-refractivity contribution in [1.82, 2.24) is 0 Å². The van der Waals surface area contributed by atoms with E-state index in [1.165, 1.54) is 16.9 Å². The molecule has 4 aliphatic rings. The van der Waals surface area contributed by atoms with E-state index in [-0.39, 0.29) is 46.1 Å². The topological polar surface area (TPSA) is 91.8 Å². The fourth-order valence-corrected chi connectivity index (χ4v) is 8.01. The van der Waals surface area contributed by atoms with E-state index in [4.69, 9.17) is 0 Å². The number of ketones is 2. The zero-order valence-corrected chi connectivity index (χ0v) is 22.1. The summed E-state index contributed by atoms with van der Waals surface area (Å²) in [7, 11) is 0. The number of hydrogen-bond donors (Lipinski definition) is 1. The van der Waals surface area contributed by atoms with Crippen LogP contribution in [0.2, 0.25) is 0 Å². The molecule has 1 amide bonds. The monoisotopic (exact) mass is 511 g/mol. The van der Waals surface area contributed by atoms with Gasteiger partial charge in [0.2, 0.25) is 5.91 Å². The van der Waals surface area contributed by atoms with E-state index in [2.05, 4.69) is 13.0 Å². The van der Waals surface area contributed by atoms with Crippen molar-refractivity contribution in [2.75, 3.05) is 4.90 Å². The van der Waals surface area contributed by atoms with Crippen molar-refractivity contribution in [1.29, 1.82) is 0 Å². The van der Waals surface area contributed by atoms with Gasteiger partial charge in [-0.2, -0.15) is 0 Å². The quantitative estimate of drug-likeness (QED) is 0.480. The third kappa shape index (κ3) is 4.59. The van der Waals surface area contributed by atoms with E-state index < -0.39 is 11.9 Å². The molecule has 0 bridgehead atoms. The SMILES string of the molecule is CC1CCC(C(=O)N(c2cc(C3=CCCCC3)sc2C(=O)O)C2CCC3C(=O)C(C)C(=O)C3C2)CC1. The van der Waals surface area contributed by atoms with Crippen molar-refractivity contribution >= 4 is 46.0 Å². The Balaban J connectivity index is 1.53. The van der Waals surface area contributed by atoms with E-state index in [1.54, 1.807) is 11.8 Å². The number of anilines is 1. The smallest absolute Gasteiger partial charge is 0.348 e. The number of carboxylic acids is 1. The molecule has 1 N–H and O–H groups in total. The van der Waals surface area contributed by atoms with Gasteiger partial charge in [0.05, 0.1) is 11.6 Å². The van der Waals surface area contributed by atoms with Crippen LogP contribution in [0.25, 0.3) is 5.57 Å². The van der Waals surface area contributed by atoms with Crippen LogP contribution in [0, 0.1) is 29.6 Å². The van der Waals surface area contributed by atoms with Gasteiger partial charge in [0, 0.05) is 28.7 Å². The summed E-state index contributed by atoms with van der Waals surface area (Å²) in [4.78, 5) is 55.0. The van der Waals surface area contributed by atoms with Gasteiger partial charge in [-0.25, -0.2) is 4.79 Å². The molecule has 194 valence electrons. The molecule has 4 atom stereocenters. The molecule has 7 heteroatoms. The zero-order valence-electron chi connectivity index (χ0n) is 21.3. The maximum atomic E-state index is 14.1. The molecule has 0 aromatic carbocycles. The summed E-state index contributed by atoms with van der Waals surface area (Å²) in [6.45, 7) is 3.92. The second-order valence-corrected chi connectivity index (χ2v) is 12.5. The number of carbonyl (C=O) groups excluding carboxylic acids is 3. The molecule has 0 spiro atoms. The van der Waals surface area contributed by atoms with Gasteiger partial charge in [-0.1, -0.05) is 13.0 Å². The summed E-state index contributed by atoms with van der Waals surface area (Å²) in [6.07, 6.45) is 11.6. The number of nitrogens with zero attached hydrogens (tertiary/aromatic N) is 1. The van der Waals surface area contributed by atoms with Crippen LogP contribution in [0.1, 0.15) is 99.0 Å². The van der Waals surface area contributed by atoms with Gasteiger partial charge in [-0.3, -0.25) is 14.4 Å². The van der Waals surface area contributed by atoms with Crippen LogP contribution in [-0.2, 0) is 14.4 Å². The average Bonchev–Trinajstić information content (AvgIpc) is 3.41. The number of fused-ring (bicyclic) bond motifs is 1. The standard InChI is InChI=1S/C29H37NO5S/c1-16-8-10-19(11-9-16)28(33)30(20-12-13-21-22(14-20)26(32)17(2)25(21)31)23-15-24(36-27(23)29(34)35)18-6-4-3-5-7-18/h6,15-17,19-22H,3-5,7-14H2,1-2H3,(H,34,35). The van der Waals surface area contributed by atoms with Gasteiger partial charge in [0.25, 0.3) is 0 Å². The van der Waals surface area contributed by atoms with Crippen LogP contribution < -0.4 is 4.90 Å². The minimum Gasteiger partial charge on any atom is -0.477 e. The van der Waals surface area contributed by atoms with Crippen molar-refractivity contribution in [3.05, 3.63) is 21.9 Å². The number of Topliss-reactive ketones (excluding diaryl/α,β-unsaturated/α-hetero) is 2. The maximum Gasteiger partial charge on any atom is 0.348 e. The molecule has 6 nitrogen and oxygen atoms in total. The number of carbonyl (C=O) groups is 4. The number of carboxylic acid groups (broad SMARTS) is 1. The van der Waals surface area contributed by atoms with Crippen LogP contribution in [0.15, 0.2) is 12.1 Å². The van der Waals surface area contributed by atoms with Gasteiger partial charge in [-0.15, -0.1) is 11.3 Å². The first-order valence-electron chi connectivity index (χ1n) is 13.7. The highest BCUT2D eigenvalue weighted by Gasteiger charge is 2.51. The normalized spacial score (nSPS) is 32.7. The van der Waals surface area contributed by atoms with Gasteiger partial charge < -0.3 is 10.0 Å². The van der Waals surface area contributed by atoms with Crippen LogP contribution in [0.5, 0.6) is 0 Å². The molecule has 0 saturated heterocycles. The Bertz CT molecular complexity index is 1100. The zero-order chi connectivity index (χ0) is 25.6.